The number of piperazine rings is 1. The van der Waals surface area contributed by atoms with E-state index in [2.05, 4.69) is 15.2 Å². The number of rotatable bonds is 6. The Morgan fingerprint density at radius 1 is 1.03 bits per heavy atom. The molecule has 200 valence electrons. The fourth-order valence-electron chi connectivity index (χ4n) is 4.52. The van der Waals surface area contributed by atoms with E-state index >= 15 is 0 Å². The number of carbonyl (C=O) groups is 2. The maximum Gasteiger partial charge on any atom is 0.416 e. The summed E-state index contributed by atoms with van der Waals surface area (Å²) < 4.78 is 39.7. The Labute approximate surface area is 219 Å². The van der Waals surface area contributed by atoms with E-state index in [0.29, 0.717) is 48.4 Å². The number of halogens is 3. The summed E-state index contributed by atoms with van der Waals surface area (Å²) in [6.07, 6.45) is -1.25. The summed E-state index contributed by atoms with van der Waals surface area (Å²) in [5.74, 6) is -0.242. The first kappa shape index (κ1) is 27.1. The van der Waals surface area contributed by atoms with Crippen molar-refractivity contribution in [3.8, 4) is 11.1 Å². The van der Waals surface area contributed by atoms with E-state index in [1.54, 1.807) is 48.4 Å². The van der Waals surface area contributed by atoms with Gasteiger partial charge in [-0.25, -0.2) is 0 Å². The molecule has 38 heavy (non-hydrogen) atoms. The largest absolute Gasteiger partial charge is 0.416 e. The normalized spacial score (nSPS) is 14.8. The number of nitrogens with zero attached hydrogens (tertiary/aromatic N) is 3. The molecule has 0 bridgehead atoms. The van der Waals surface area contributed by atoms with Crippen molar-refractivity contribution in [1.82, 2.24) is 15.2 Å². The first-order valence-corrected chi connectivity index (χ1v) is 12.3. The van der Waals surface area contributed by atoms with Crippen LogP contribution in [0.25, 0.3) is 11.1 Å². The molecule has 3 aromatic rings. The molecular weight excluding hydrogens is 495 g/mol. The molecule has 0 saturated carbocycles. The SMILES string of the molecule is CC(=O)N1CCN(c2cncc(C(=O)N[C@H](C)c3ccc(-c4cc(C(F)(F)F)ccc4CN)cc3)c2)CC1. The molecule has 0 radical (unpaired) electrons. The molecule has 2 heterocycles. The van der Waals surface area contributed by atoms with E-state index in [1.165, 1.54) is 12.3 Å². The predicted molar refractivity (Wildman–Crippen MR) is 139 cm³/mol. The van der Waals surface area contributed by atoms with Gasteiger partial charge in [0.05, 0.1) is 29.1 Å². The van der Waals surface area contributed by atoms with Crippen molar-refractivity contribution in [2.45, 2.75) is 32.6 Å². The van der Waals surface area contributed by atoms with Crippen molar-refractivity contribution in [3.63, 3.8) is 0 Å². The van der Waals surface area contributed by atoms with Gasteiger partial charge in [-0.3, -0.25) is 14.6 Å². The van der Waals surface area contributed by atoms with Crippen molar-refractivity contribution in [2.75, 3.05) is 31.1 Å². The molecule has 4 rings (SSSR count). The Morgan fingerprint density at radius 2 is 1.71 bits per heavy atom. The summed E-state index contributed by atoms with van der Waals surface area (Å²) in [6, 6.07) is 12.0. The number of nitrogens with two attached hydrogens (primary N) is 1. The first-order valence-electron chi connectivity index (χ1n) is 12.3. The van der Waals surface area contributed by atoms with Gasteiger partial charge in [-0.05, 0) is 47.4 Å². The number of carbonyl (C=O) groups excluding carboxylic acids is 2. The van der Waals surface area contributed by atoms with E-state index in [9.17, 15) is 22.8 Å². The summed E-state index contributed by atoms with van der Waals surface area (Å²) in [6.45, 7) is 6.05. The van der Waals surface area contributed by atoms with Gasteiger partial charge in [-0.1, -0.05) is 30.3 Å². The molecule has 10 heteroatoms. The van der Waals surface area contributed by atoms with Crippen LogP contribution in [-0.4, -0.2) is 47.9 Å². The smallest absolute Gasteiger partial charge is 0.367 e. The Bertz CT molecular complexity index is 1300. The molecule has 1 aliphatic rings. The molecule has 0 aliphatic carbocycles. The monoisotopic (exact) mass is 525 g/mol. The standard InChI is InChI=1S/C28H30F3N5O2/c1-18(20-3-5-21(6-4-20)26-14-24(28(29,30)31)8-7-22(26)15-32)34-27(38)23-13-25(17-33-16-23)36-11-9-35(10-12-36)19(2)37/h3-8,13-14,16-18H,9-12,15,32H2,1-2H3,(H,34,38)/t18-/m1/s1. The lowest BCUT2D eigenvalue weighted by Crippen LogP contribution is -2.48. The van der Waals surface area contributed by atoms with E-state index in [0.717, 1.165) is 23.4 Å². The molecular formula is C28H30F3N5O2. The van der Waals surface area contributed by atoms with Gasteiger partial charge in [0, 0.05) is 45.8 Å². The molecule has 1 fully saturated rings. The highest BCUT2D eigenvalue weighted by molar-refractivity contribution is 5.95. The number of nitrogens with one attached hydrogen (secondary N) is 1. The van der Waals surface area contributed by atoms with Crippen LogP contribution in [0.2, 0.25) is 0 Å². The van der Waals surface area contributed by atoms with Gasteiger partial charge >= 0.3 is 6.18 Å². The highest BCUT2D eigenvalue weighted by atomic mass is 19.4. The maximum atomic E-state index is 13.2. The van der Waals surface area contributed by atoms with Crippen LogP contribution in [0.1, 0.15) is 46.9 Å². The second kappa shape index (κ2) is 11.2. The van der Waals surface area contributed by atoms with Crippen LogP contribution in [-0.2, 0) is 17.5 Å². The highest BCUT2D eigenvalue weighted by Gasteiger charge is 2.31. The second-order valence-corrected chi connectivity index (χ2v) is 9.32. The minimum atomic E-state index is -4.45. The fraction of sp³-hybridized carbons (Fsp3) is 0.321. The van der Waals surface area contributed by atoms with E-state index in [4.69, 9.17) is 5.73 Å². The van der Waals surface area contributed by atoms with Crippen LogP contribution in [0.15, 0.2) is 60.9 Å². The molecule has 1 atom stereocenters. The quantitative estimate of drug-likeness (QED) is 0.498. The fourth-order valence-corrected chi connectivity index (χ4v) is 4.52. The third-order valence-electron chi connectivity index (χ3n) is 6.80. The summed E-state index contributed by atoms with van der Waals surface area (Å²) in [5, 5.41) is 2.96. The Kier molecular flexibility index (Phi) is 8.01. The van der Waals surface area contributed by atoms with Gasteiger partial charge in [0.15, 0.2) is 0 Å². The van der Waals surface area contributed by atoms with Gasteiger partial charge in [-0.2, -0.15) is 13.2 Å². The number of hydrogen-bond donors (Lipinski definition) is 2. The number of alkyl halides is 3. The van der Waals surface area contributed by atoms with Crippen molar-refractivity contribution in [1.29, 1.82) is 0 Å². The molecule has 0 spiro atoms. The Balaban J connectivity index is 1.44. The number of aromatic nitrogens is 1. The molecule has 1 saturated heterocycles. The highest BCUT2D eigenvalue weighted by Crippen LogP contribution is 2.34. The van der Waals surface area contributed by atoms with Crippen LogP contribution in [0.5, 0.6) is 0 Å². The molecule has 0 unspecified atom stereocenters. The third kappa shape index (κ3) is 6.13. The van der Waals surface area contributed by atoms with Gasteiger partial charge in [0.2, 0.25) is 5.91 Å². The average molecular weight is 526 g/mol. The number of anilines is 1. The summed E-state index contributed by atoms with van der Waals surface area (Å²) >= 11 is 0. The van der Waals surface area contributed by atoms with Gasteiger partial charge in [-0.15, -0.1) is 0 Å². The molecule has 3 N–H and O–H groups in total. The topological polar surface area (TPSA) is 91.6 Å². The van der Waals surface area contributed by atoms with Crippen LogP contribution in [0.3, 0.4) is 0 Å². The maximum absolute atomic E-state index is 13.2. The summed E-state index contributed by atoms with van der Waals surface area (Å²) in [4.78, 5) is 32.6. The average Bonchev–Trinajstić information content (AvgIpc) is 2.92. The van der Waals surface area contributed by atoms with Crippen LogP contribution in [0.4, 0.5) is 18.9 Å². The van der Waals surface area contributed by atoms with Gasteiger partial charge in [0.1, 0.15) is 0 Å². The minimum Gasteiger partial charge on any atom is -0.367 e. The minimum absolute atomic E-state index is 0.0487. The zero-order valence-corrected chi connectivity index (χ0v) is 21.3. The Hall–Kier alpha value is -3.92. The molecule has 1 aliphatic heterocycles. The van der Waals surface area contributed by atoms with Crippen molar-refractivity contribution < 1.29 is 22.8 Å². The molecule has 1 aromatic heterocycles. The van der Waals surface area contributed by atoms with Gasteiger partial charge in [0.25, 0.3) is 5.91 Å². The number of hydrogen-bond acceptors (Lipinski definition) is 5. The van der Waals surface area contributed by atoms with E-state index < -0.39 is 11.7 Å². The van der Waals surface area contributed by atoms with Crippen LogP contribution >= 0.6 is 0 Å². The van der Waals surface area contributed by atoms with Crippen LogP contribution in [0, 0.1) is 0 Å². The van der Waals surface area contributed by atoms with E-state index in [-0.39, 0.29) is 24.4 Å². The lowest BCUT2D eigenvalue weighted by Gasteiger charge is -2.35. The van der Waals surface area contributed by atoms with Crippen LogP contribution < -0.4 is 16.0 Å². The number of pyridine rings is 1. The van der Waals surface area contributed by atoms with Crippen molar-refractivity contribution in [2.24, 2.45) is 5.73 Å². The summed E-state index contributed by atoms with van der Waals surface area (Å²) in [5.41, 5.74) is 8.71. The van der Waals surface area contributed by atoms with Gasteiger partial charge < -0.3 is 20.9 Å². The van der Waals surface area contributed by atoms with Crippen molar-refractivity contribution >= 4 is 17.5 Å². The second-order valence-electron chi connectivity index (χ2n) is 9.32. The van der Waals surface area contributed by atoms with E-state index in [1.807, 2.05) is 6.92 Å². The summed E-state index contributed by atoms with van der Waals surface area (Å²) in [7, 11) is 0. The number of amides is 2. The first-order chi connectivity index (χ1) is 18.1. The third-order valence-corrected chi connectivity index (χ3v) is 6.80. The predicted octanol–water partition coefficient (Wildman–Crippen LogP) is 4.39. The lowest BCUT2D eigenvalue weighted by atomic mass is 9.95. The Morgan fingerprint density at radius 3 is 2.32 bits per heavy atom. The van der Waals surface area contributed by atoms with Crippen molar-refractivity contribution in [3.05, 3.63) is 83.2 Å². The molecule has 7 nitrogen and oxygen atoms in total. The zero-order valence-electron chi connectivity index (χ0n) is 21.3. The zero-order chi connectivity index (χ0) is 27.4. The molecule has 2 aromatic carbocycles. The molecule has 2 amide bonds. The number of benzene rings is 2. The lowest BCUT2D eigenvalue weighted by molar-refractivity contribution is -0.137.